The summed E-state index contributed by atoms with van der Waals surface area (Å²) < 4.78 is 7.73. The molecule has 7 heteroatoms. The molecule has 3 N–H and O–H groups in total. The molecule has 0 spiro atoms. The normalized spacial score (nSPS) is 10.4. The van der Waals surface area contributed by atoms with Gasteiger partial charge < -0.3 is 15.5 Å². The van der Waals surface area contributed by atoms with Crippen LogP contribution < -0.4 is 11.1 Å². The highest BCUT2D eigenvalue weighted by Gasteiger charge is 2.03. The fourth-order valence-corrected chi connectivity index (χ4v) is 1.80. The van der Waals surface area contributed by atoms with Crippen LogP contribution in [0.25, 0.3) is 0 Å². The summed E-state index contributed by atoms with van der Waals surface area (Å²) in [7, 11) is 0. The third kappa shape index (κ3) is 3.48. The molecule has 2 heterocycles. The fourth-order valence-electron chi connectivity index (χ4n) is 1.34. The first kappa shape index (κ1) is 12.0. The van der Waals surface area contributed by atoms with Crippen molar-refractivity contribution in [2.75, 3.05) is 5.32 Å². The number of hydrogen-bond donors (Lipinski definition) is 2. The van der Waals surface area contributed by atoms with Crippen LogP contribution in [0.5, 0.6) is 0 Å². The smallest absolute Gasteiger partial charge is 0.239 e. The summed E-state index contributed by atoms with van der Waals surface area (Å²) in [6.07, 6.45) is 3.36. The topological polar surface area (TPSA) is 86.1 Å². The van der Waals surface area contributed by atoms with Crippen molar-refractivity contribution in [2.45, 2.75) is 13.1 Å². The van der Waals surface area contributed by atoms with E-state index < -0.39 is 5.91 Å². The summed E-state index contributed by atoms with van der Waals surface area (Å²) in [6, 6.07) is 3.80. The average molecular weight is 346 g/mol. The van der Waals surface area contributed by atoms with Gasteiger partial charge in [-0.05, 0) is 34.7 Å². The summed E-state index contributed by atoms with van der Waals surface area (Å²) in [5.41, 5.74) is 5.88. The Hall–Kier alpha value is -1.51. The van der Waals surface area contributed by atoms with E-state index in [1.165, 1.54) is 4.68 Å². The minimum Gasteiger partial charge on any atom is -0.454 e. The lowest BCUT2D eigenvalue weighted by molar-refractivity contribution is -0.118. The van der Waals surface area contributed by atoms with Gasteiger partial charge in [-0.1, -0.05) is 0 Å². The van der Waals surface area contributed by atoms with Crippen LogP contribution in [0.2, 0.25) is 0 Å². The molecule has 0 atom stereocenters. The molecule has 0 saturated heterocycles. The summed E-state index contributed by atoms with van der Waals surface area (Å²) in [6.45, 7) is 0.658. The van der Waals surface area contributed by atoms with E-state index in [2.05, 4.69) is 33.0 Å². The van der Waals surface area contributed by atoms with Crippen molar-refractivity contribution in [3.05, 3.63) is 34.1 Å². The number of nitrogens with one attached hydrogen (secondary N) is 1. The molecule has 0 bridgehead atoms. The zero-order valence-corrected chi connectivity index (χ0v) is 11.0. The molecule has 0 aliphatic heterocycles. The predicted molar refractivity (Wildman–Crippen MR) is 70.2 cm³/mol. The number of carbonyl (C=O) groups excluding carboxylic acids is 1. The van der Waals surface area contributed by atoms with Gasteiger partial charge in [0.2, 0.25) is 5.91 Å². The Morgan fingerprint density at radius 3 is 3.06 bits per heavy atom. The maximum atomic E-state index is 10.7. The highest BCUT2D eigenvalue weighted by molar-refractivity contribution is 14.1. The fraction of sp³-hybridized carbons (Fsp3) is 0.200. The first-order chi connectivity index (χ1) is 8.13. The highest BCUT2D eigenvalue weighted by atomic mass is 127. The Morgan fingerprint density at radius 1 is 1.59 bits per heavy atom. The van der Waals surface area contributed by atoms with Crippen molar-refractivity contribution in [1.82, 2.24) is 9.78 Å². The Bertz CT molecular complexity index is 520. The first-order valence-electron chi connectivity index (χ1n) is 4.92. The molecule has 1 amide bonds. The number of aromatic nitrogens is 2. The second-order valence-corrected chi connectivity index (χ2v) is 4.52. The lowest BCUT2D eigenvalue weighted by atomic mass is 10.4. The molecule has 2 aromatic heterocycles. The quantitative estimate of drug-likeness (QED) is 0.796. The van der Waals surface area contributed by atoms with Gasteiger partial charge in [-0.2, -0.15) is 5.10 Å². The molecule has 0 unspecified atom stereocenters. The van der Waals surface area contributed by atoms with Crippen molar-refractivity contribution < 1.29 is 9.21 Å². The molecule has 2 rings (SSSR count). The second kappa shape index (κ2) is 5.21. The van der Waals surface area contributed by atoms with Gasteiger partial charge in [0.05, 0.1) is 18.4 Å². The van der Waals surface area contributed by atoms with Crippen molar-refractivity contribution in [2.24, 2.45) is 5.73 Å². The lowest BCUT2D eigenvalue weighted by Crippen LogP contribution is -2.18. The maximum Gasteiger partial charge on any atom is 0.239 e. The van der Waals surface area contributed by atoms with Gasteiger partial charge in [0.25, 0.3) is 0 Å². The molecular formula is C10H11IN4O2. The second-order valence-electron chi connectivity index (χ2n) is 3.45. The monoisotopic (exact) mass is 346 g/mol. The average Bonchev–Trinajstić information content (AvgIpc) is 2.84. The molecule has 2 aromatic rings. The molecule has 0 saturated carbocycles. The number of primary amides is 1. The minimum atomic E-state index is -0.416. The van der Waals surface area contributed by atoms with Gasteiger partial charge in [-0.15, -0.1) is 0 Å². The van der Waals surface area contributed by atoms with E-state index in [0.29, 0.717) is 6.54 Å². The molecule has 0 fully saturated rings. The van der Waals surface area contributed by atoms with Gasteiger partial charge in [-0.25, -0.2) is 0 Å². The van der Waals surface area contributed by atoms with Crippen LogP contribution in [0.3, 0.4) is 0 Å². The molecule has 6 nitrogen and oxygen atoms in total. The van der Waals surface area contributed by atoms with E-state index in [-0.39, 0.29) is 6.54 Å². The standard InChI is InChI=1S/C10H11IN4O2/c11-9-2-1-8(17-9)4-13-7-3-14-15(5-7)6-10(12)16/h1-3,5,13H,4,6H2,(H2,12,16). The summed E-state index contributed by atoms with van der Waals surface area (Å²) in [4.78, 5) is 10.7. The largest absolute Gasteiger partial charge is 0.454 e. The number of halogens is 1. The van der Waals surface area contributed by atoms with E-state index in [0.717, 1.165) is 15.2 Å². The van der Waals surface area contributed by atoms with Gasteiger partial charge >= 0.3 is 0 Å². The molecular weight excluding hydrogens is 335 g/mol. The third-order valence-electron chi connectivity index (χ3n) is 2.05. The Labute approximate surface area is 111 Å². The number of anilines is 1. The number of furan rings is 1. The number of hydrogen-bond acceptors (Lipinski definition) is 4. The van der Waals surface area contributed by atoms with E-state index in [9.17, 15) is 4.79 Å². The van der Waals surface area contributed by atoms with Gasteiger partial charge in [-0.3, -0.25) is 9.48 Å². The molecule has 0 aliphatic carbocycles. The van der Waals surface area contributed by atoms with Gasteiger partial charge in [0.1, 0.15) is 12.3 Å². The Morgan fingerprint density at radius 2 is 2.41 bits per heavy atom. The summed E-state index contributed by atoms with van der Waals surface area (Å²) in [5, 5.41) is 7.13. The summed E-state index contributed by atoms with van der Waals surface area (Å²) in [5.74, 6) is 0.428. The first-order valence-corrected chi connectivity index (χ1v) is 6.00. The molecule has 17 heavy (non-hydrogen) atoms. The van der Waals surface area contributed by atoms with Crippen LogP contribution >= 0.6 is 22.6 Å². The van der Waals surface area contributed by atoms with Crippen molar-refractivity contribution >= 4 is 34.2 Å². The Balaban J connectivity index is 1.91. The zero-order chi connectivity index (χ0) is 12.3. The number of carbonyl (C=O) groups is 1. The number of nitrogens with two attached hydrogens (primary N) is 1. The van der Waals surface area contributed by atoms with Gasteiger partial charge in [0, 0.05) is 6.20 Å². The molecule has 0 aromatic carbocycles. The van der Waals surface area contributed by atoms with Crippen molar-refractivity contribution in [1.29, 1.82) is 0 Å². The number of nitrogens with zero attached hydrogens (tertiary/aromatic N) is 2. The van der Waals surface area contributed by atoms with Crippen LogP contribution in [0, 0.1) is 3.77 Å². The van der Waals surface area contributed by atoms with Crippen molar-refractivity contribution in [3.8, 4) is 0 Å². The SMILES string of the molecule is NC(=O)Cn1cc(NCc2ccc(I)o2)cn1. The van der Waals surface area contributed by atoms with Crippen LogP contribution in [0.4, 0.5) is 5.69 Å². The lowest BCUT2D eigenvalue weighted by Gasteiger charge is -1.99. The van der Waals surface area contributed by atoms with Crippen LogP contribution in [-0.4, -0.2) is 15.7 Å². The zero-order valence-electron chi connectivity index (χ0n) is 8.89. The molecule has 0 aliphatic rings. The van der Waals surface area contributed by atoms with E-state index in [1.54, 1.807) is 12.4 Å². The minimum absolute atomic E-state index is 0.0837. The van der Waals surface area contributed by atoms with Crippen LogP contribution in [-0.2, 0) is 17.9 Å². The summed E-state index contributed by atoms with van der Waals surface area (Å²) >= 11 is 2.11. The van der Waals surface area contributed by atoms with E-state index in [4.69, 9.17) is 10.2 Å². The Kier molecular flexibility index (Phi) is 3.67. The number of amides is 1. The van der Waals surface area contributed by atoms with E-state index >= 15 is 0 Å². The maximum absolute atomic E-state index is 10.7. The molecule has 0 radical (unpaired) electrons. The van der Waals surface area contributed by atoms with Crippen LogP contribution in [0.1, 0.15) is 5.76 Å². The number of rotatable bonds is 5. The highest BCUT2D eigenvalue weighted by Crippen LogP contribution is 2.12. The van der Waals surface area contributed by atoms with Gasteiger partial charge in [0.15, 0.2) is 3.77 Å². The van der Waals surface area contributed by atoms with Crippen molar-refractivity contribution in [3.63, 3.8) is 0 Å². The molecule has 90 valence electrons. The predicted octanol–water partition coefficient (Wildman–Crippen LogP) is 1.18. The van der Waals surface area contributed by atoms with E-state index in [1.807, 2.05) is 12.1 Å². The third-order valence-corrected chi connectivity index (χ3v) is 2.63. The van der Waals surface area contributed by atoms with Crippen LogP contribution in [0.15, 0.2) is 28.9 Å².